The van der Waals surface area contributed by atoms with Gasteiger partial charge < -0.3 is 14.2 Å². The third kappa shape index (κ3) is 3.20. The Bertz CT molecular complexity index is 795. The van der Waals surface area contributed by atoms with E-state index in [0.717, 1.165) is 29.7 Å². The van der Waals surface area contributed by atoms with Crippen molar-refractivity contribution in [2.45, 2.75) is 57.4 Å². The summed E-state index contributed by atoms with van der Waals surface area (Å²) in [6.07, 6.45) is 6.47. The van der Waals surface area contributed by atoms with Crippen LogP contribution in [0.3, 0.4) is 0 Å². The molecule has 2 aromatic rings. The highest BCUT2D eigenvalue weighted by atomic mass is 16.5. The molecule has 1 aliphatic heterocycles. The summed E-state index contributed by atoms with van der Waals surface area (Å²) in [5.74, 6) is 2.20. The molecule has 1 aliphatic carbocycles. The SMILES string of the molecule is COc1ccc(-c2nc(C3CC(=O)N(C4CCCCC4)C3)no2)c(C)c1. The minimum absolute atomic E-state index is 0.0282. The standard InChI is InChI=1S/C20H25N3O3/c1-13-10-16(25-2)8-9-17(13)20-21-19(22-26-20)14-11-18(24)23(12-14)15-6-4-3-5-7-15/h8-10,14-15H,3-7,11-12H2,1-2H3. The topological polar surface area (TPSA) is 68.5 Å². The van der Waals surface area contributed by atoms with Crippen molar-refractivity contribution < 1.29 is 14.1 Å². The molecule has 4 rings (SSSR count). The van der Waals surface area contributed by atoms with E-state index in [9.17, 15) is 4.79 Å². The van der Waals surface area contributed by atoms with Crippen LogP contribution in [0.15, 0.2) is 22.7 Å². The summed E-state index contributed by atoms with van der Waals surface area (Å²) >= 11 is 0. The molecule has 0 bridgehead atoms. The number of hydrogen-bond donors (Lipinski definition) is 0. The number of aryl methyl sites for hydroxylation is 1. The number of carbonyl (C=O) groups is 1. The highest BCUT2D eigenvalue weighted by Crippen LogP contribution is 2.34. The summed E-state index contributed by atoms with van der Waals surface area (Å²) in [6, 6.07) is 6.16. The lowest BCUT2D eigenvalue weighted by Gasteiger charge is -2.31. The van der Waals surface area contributed by atoms with E-state index in [4.69, 9.17) is 9.26 Å². The van der Waals surface area contributed by atoms with Crippen LogP contribution in [-0.4, -0.2) is 40.6 Å². The van der Waals surface area contributed by atoms with Gasteiger partial charge in [-0.1, -0.05) is 24.4 Å². The highest BCUT2D eigenvalue weighted by molar-refractivity contribution is 5.80. The number of nitrogens with zero attached hydrogens (tertiary/aromatic N) is 3. The molecule has 2 fully saturated rings. The maximum Gasteiger partial charge on any atom is 0.258 e. The van der Waals surface area contributed by atoms with Crippen LogP contribution in [0.25, 0.3) is 11.5 Å². The summed E-state index contributed by atoms with van der Waals surface area (Å²) in [6.45, 7) is 2.70. The van der Waals surface area contributed by atoms with Gasteiger partial charge in [0.2, 0.25) is 5.91 Å². The van der Waals surface area contributed by atoms with E-state index in [1.807, 2.05) is 25.1 Å². The Labute approximate surface area is 153 Å². The number of amides is 1. The van der Waals surface area contributed by atoms with Crippen molar-refractivity contribution in [3.8, 4) is 17.2 Å². The quantitative estimate of drug-likeness (QED) is 0.836. The molecule has 1 aromatic heterocycles. The average Bonchev–Trinajstić information content (AvgIpc) is 3.29. The van der Waals surface area contributed by atoms with Gasteiger partial charge in [-0.15, -0.1) is 0 Å². The van der Waals surface area contributed by atoms with Gasteiger partial charge in [0.1, 0.15) is 5.75 Å². The van der Waals surface area contributed by atoms with Crippen LogP contribution >= 0.6 is 0 Å². The Hall–Kier alpha value is -2.37. The molecule has 0 N–H and O–H groups in total. The Kier molecular flexibility index (Phi) is 4.66. The zero-order valence-electron chi connectivity index (χ0n) is 15.4. The van der Waals surface area contributed by atoms with Crippen molar-refractivity contribution >= 4 is 5.91 Å². The van der Waals surface area contributed by atoms with Gasteiger partial charge in [0.25, 0.3) is 5.89 Å². The fourth-order valence-corrected chi connectivity index (χ4v) is 4.16. The van der Waals surface area contributed by atoms with Gasteiger partial charge in [0.05, 0.1) is 7.11 Å². The minimum Gasteiger partial charge on any atom is -0.497 e. The molecule has 1 saturated carbocycles. The normalized spacial score (nSPS) is 21.4. The van der Waals surface area contributed by atoms with Gasteiger partial charge in [-0.25, -0.2) is 0 Å². The molecule has 1 unspecified atom stereocenters. The number of carbonyl (C=O) groups excluding carboxylic acids is 1. The second-order valence-corrected chi connectivity index (χ2v) is 7.38. The van der Waals surface area contributed by atoms with Crippen molar-refractivity contribution in [2.24, 2.45) is 0 Å². The van der Waals surface area contributed by atoms with Crippen molar-refractivity contribution in [1.82, 2.24) is 15.0 Å². The van der Waals surface area contributed by atoms with Crippen LogP contribution in [0.5, 0.6) is 5.75 Å². The van der Waals surface area contributed by atoms with E-state index in [-0.39, 0.29) is 11.8 Å². The van der Waals surface area contributed by atoms with Crippen molar-refractivity contribution in [1.29, 1.82) is 0 Å². The zero-order valence-corrected chi connectivity index (χ0v) is 15.4. The summed E-state index contributed by atoms with van der Waals surface area (Å²) in [7, 11) is 1.65. The molecule has 2 aliphatic rings. The number of ether oxygens (including phenoxy) is 1. The van der Waals surface area contributed by atoms with Gasteiger partial charge in [0.15, 0.2) is 5.82 Å². The highest BCUT2D eigenvalue weighted by Gasteiger charge is 2.37. The molecule has 138 valence electrons. The van der Waals surface area contributed by atoms with Crippen LogP contribution in [-0.2, 0) is 4.79 Å². The van der Waals surface area contributed by atoms with Crippen molar-refractivity contribution in [3.63, 3.8) is 0 Å². The first-order chi connectivity index (χ1) is 12.7. The Morgan fingerprint density at radius 3 is 2.77 bits per heavy atom. The minimum atomic E-state index is 0.0282. The van der Waals surface area contributed by atoms with Gasteiger partial charge in [-0.2, -0.15) is 4.98 Å². The molecule has 1 amide bonds. The monoisotopic (exact) mass is 355 g/mol. The average molecular weight is 355 g/mol. The fraction of sp³-hybridized carbons (Fsp3) is 0.550. The van der Waals surface area contributed by atoms with Crippen molar-refractivity contribution in [2.75, 3.05) is 13.7 Å². The number of hydrogen-bond acceptors (Lipinski definition) is 5. The largest absolute Gasteiger partial charge is 0.497 e. The first kappa shape index (κ1) is 17.1. The molecule has 26 heavy (non-hydrogen) atoms. The Morgan fingerprint density at radius 1 is 1.23 bits per heavy atom. The molecular formula is C20H25N3O3. The molecule has 1 aromatic carbocycles. The van der Waals surface area contributed by atoms with Crippen molar-refractivity contribution in [3.05, 3.63) is 29.6 Å². The molecule has 1 atom stereocenters. The van der Waals surface area contributed by atoms with Gasteiger partial charge in [-0.05, 0) is 43.5 Å². The predicted molar refractivity (Wildman–Crippen MR) is 97.0 cm³/mol. The molecular weight excluding hydrogens is 330 g/mol. The predicted octanol–water partition coefficient (Wildman–Crippen LogP) is 3.70. The van der Waals surface area contributed by atoms with E-state index in [1.165, 1.54) is 19.3 Å². The number of rotatable bonds is 4. The lowest BCUT2D eigenvalue weighted by atomic mass is 9.94. The third-order valence-electron chi connectivity index (χ3n) is 5.64. The number of benzene rings is 1. The molecule has 0 spiro atoms. The number of aromatic nitrogens is 2. The van der Waals surface area contributed by atoms with Crippen LogP contribution in [0.4, 0.5) is 0 Å². The lowest BCUT2D eigenvalue weighted by molar-refractivity contribution is -0.130. The van der Waals surface area contributed by atoms with E-state index in [0.29, 0.717) is 30.7 Å². The second kappa shape index (κ2) is 7.09. The summed E-state index contributed by atoms with van der Waals surface area (Å²) in [4.78, 5) is 19.1. The lowest BCUT2D eigenvalue weighted by Crippen LogP contribution is -2.37. The maximum absolute atomic E-state index is 12.5. The van der Waals surface area contributed by atoms with Crippen LogP contribution in [0, 0.1) is 6.92 Å². The molecule has 2 heterocycles. The number of likely N-dealkylation sites (tertiary alicyclic amines) is 1. The zero-order chi connectivity index (χ0) is 18.1. The third-order valence-corrected chi connectivity index (χ3v) is 5.64. The first-order valence-corrected chi connectivity index (χ1v) is 9.44. The van der Waals surface area contributed by atoms with E-state index in [1.54, 1.807) is 7.11 Å². The van der Waals surface area contributed by atoms with E-state index >= 15 is 0 Å². The van der Waals surface area contributed by atoms with Crippen LogP contribution < -0.4 is 4.74 Å². The van der Waals surface area contributed by atoms with Crippen LogP contribution in [0.1, 0.15) is 55.8 Å². The molecule has 0 radical (unpaired) electrons. The molecule has 6 nitrogen and oxygen atoms in total. The smallest absolute Gasteiger partial charge is 0.258 e. The molecule has 6 heteroatoms. The van der Waals surface area contributed by atoms with E-state index in [2.05, 4.69) is 15.0 Å². The second-order valence-electron chi connectivity index (χ2n) is 7.38. The summed E-state index contributed by atoms with van der Waals surface area (Å²) in [5.41, 5.74) is 1.92. The Balaban J connectivity index is 1.50. The summed E-state index contributed by atoms with van der Waals surface area (Å²) < 4.78 is 10.7. The molecule has 1 saturated heterocycles. The van der Waals surface area contributed by atoms with E-state index < -0.39 is 0 Å². The Morgan fingerprint density at radius 2 is 2.04 bits per heavy atom. The fourth-order valence-electron chi connectivity index (χ4n) is 4.16. The first-order valence-electron chi connectivity index (χ1n) is 9.44. The van der Waals surface area contributed by atoms with Gasteiger partial charge in [-0.3, -0.25) is 4.79 Å². The van der Waals surface area contributed by atoms with Gasteiger partial charge in [0, 0.05) is 30.5 Å². The summed E-state index contributed by atoms with van der Waals surface area (Å²) in [5, 5.41) is 4.18. The number of methoxy groups -OCH3 is 1. The maximum atomic E-state index is 12.5. The van der Waals surface area contributed by atoms with Crippen LogP contribution in [0.2, 0.25) is 0 Å². The van der Waals surface area contributed by atoms with Gasteiger partial charge >= 0.3 is 0 Å².